The Morgan fingerprint density at radius 1 is 1.22 bits per heavy atom. The first-order valence-corrected chi connectivity index (χ1v) is 9.72. The van der Waals surface area contributed by atoms with Crippen LogP contribution in [-0.4, -0.2) is 34.5 Å². The predicted octanol–water partition coefficient (Wildman–Crippen LogP) is 4.15. The van der Waals surface area contributed by atoms with E-state index in [1.807, 2.05) is 24.3 Å². The normalized spacial score (nSPS) is 16.7. The lowest BCUT2D eigenvalue weighted by Crippen LogP contribution is -2.24. The van der Waals surface area contributed by atoms with Crippen molar-refractivity contribution in [2.45, 2.75) is 19.1 Å². The Balaban J connectivity index is 1.42. The third-order valence-electron chi connectivity index (χ3n) is 4.41. The van der Waals surface area contributed by atoms with Gasteiger partial charge >= 0.3 is 0 Å². The van der Waals surface area contributed by atoms with E-state index >= 15 is 0 Å². The Bertz CT molecular complexity index is 935. The molecule has 1 aromatic heterocycles. The fourth-order valence-electron chi connectivity index (χ4n) is 3.05. The SMILES string of the molecule is OCc1nnc(-c2ccc(N3CC[C@H](Oc4cc(F)ccc4Cl)C3)cc2)s1. The number of hydrogen-bond donors (Lipinski definition) is 1. The molecule has 1 N–H and O–H groups in total. The molecule has 4 rings (SSSR count). The minimum absolute atomic E-state index is 0.0424. The number of aliphatic hydroxyl groups is 1. The smallest absolute Gasteiger partial charge is 0.147 e. The molecule has 0 amide bonds. The first-order chi connectivity index (χ1) is 13.1. The average molecular weight is 406 g/mol. The van der Waals surface area contributed by atoms with Gasteiger partial charge in [0.2, 0.25) is 0 Å². The van der Waals surface area contributed by atoms with Gasteiger partial charge in [0.1, 0.15) is 27.7 Å². The van der Waals surface area contributed by atoms with Gasteiger partial charge in [0.25, 0.3) is 0 Å². The number of ether oxygens (including phenoxy) is 1. The predicted molar refractivity (Wildman–Crippen MR) is 104 cm³/mol. The van der Waals surface area contributed by atoms with Crippen LogP contribution in [0.3, 0.4) is 0 Å². The van der Waals surface area contributed by atoms with Gasteiger partial charge in [-0.05, 0) is 36.4 Å². The molecule has 1 aliphatic heterocycles. The first-order valence-electron chi connectivity index (χ1n) is 8.52. The van der Waals surface area contributed by atoms with Gasteiger partial charge in [-0.15, -0.1) is 10.2 Å². The van der Waals surface area contributed by atoms with Crippen LogP contribution in [0.25, 0.3) is 10.6 Å². The van der Waals surface area contributed by atoms with Crippen LogP contribution in [0.1, 0.15) is 11.4 Å². The molecule has 0 unspecified atom stereocenters. The van der Waals surface area contributed by atoms with Gasteiger partial charge in [-0.2, -0.15) is 0 Å². The molecule has 0 radical (unpaired) electrons. The maximum Gasteiger partial charge on any atom is 0.147 e. The van der Waals surface area contributed by atoms with Gasteiger partial charge in [-0.1, -0.05) is 22.9 Å². The largest absolute Gasteiger partial charge is 0.487 e. The molecule has 1 saturated heterocycles. The Labute approximate surface area is 165 Å². The van der Waals surface area contributed by atoms with E-state index < -0.39 is 0 Å². The van der Waals surface area contributed by atoms with Crippen LogP contribution in [0.15, 0.2) is 42.5 Å². The third kappa shape index (κ3) is 4.05. The number of rotatable bonds is 5. The van der Waals surface area contributed by atoms with E-state index in [0.29, 0.717) is 22.3 Å². The molecule has 8 heteroatoms. The van der Waals surface area contributed by atoms with E-state index in [-0.39, 0.29) is 18.5 Å². The van der Waals surface area contributed by atoms with Crippen LogP contribution in [0.4, 0.5) is 10.1 Å². The van der Waals surface area contributed by atoms with Gasteiger partial charge in [-0.25, -0.2) is 4.39 Å². The van der Waals surface area contributed by atoms with Gasteiger partial charge in [-0.3, -0.25) is 0 Å². The molecule has 0 aliphatic carbocycles. The number of benzene rings is 2. The lowest BCUT2D eigenvalue weighted by Gasteiger charge is -2.19. The van der Waals surface area contributed by atoms with Gasteiger partial charge < -0.3 is 14.7 Å². The van der Waals surface area contributed by atoms with Crippen LogP contribution in [0.5, 0.6) is 5.75 Å². The van der Waals surface area contributed by atoms with E-state index in [1.165, 1.54) is 29.5 Å². The maximum atomic E-state index is 13.4. The third-order valence-corrected chi connectivity index (χ3v) is 5.68. The van der Waals surface area contributed by atoms with Crippen LogP contribution < -0.4 is 9.64 Å². The number of aromatic nitrogens is 2. The first kappa shape index (κ1) is 18.2. The van der Waals surface area contributed by atoms with Crippen molar-refractivity contribution in [3.8, 4) is 16.3 Å². The summed E-state index contributed by atoms with van der Waals surface area (Å²) in [6.45, 7) is 1.46. The minimum atomic E-state index is -0.360. The molecule has 0 spiro atoms. The Kier molecular flexibility index (Phi) is 5.24. The number of nitrogens with zero attached hydrogens (tertiary/aromatic N) is 3. The van der Waals surface area contributed by atoms with Crippen molar-refractivity contribution < 1.29 is 14.2 Å². The molecule has 140 valence electrons. The van der Waals surface area contributed by atoms with Gasteiger partial charge in [0, 0.05) is 30.3 Å². The van der Waals surface area contributed by atoms with E-state index in [1.54, 1.807) is 0 Å². The number of hydrogen-bond acceptors (Lipinski definition) is 6. The second-order valence-electron chi connectivity index (χ2n) is 6.26. The minimum Gasteiger partial charge on any atom is -0.487 e. The summed E-state index contributed by atoms with van der Waals surface area (Å²) in [5, 5.41) is 18.9. The van der Waals surface area contributed by atoms with Crippen LogP contribution in [-0.2, 0) is 6.61 Å². The van der Waals surface area contributed by atoms with E-state index in [2.05, 4.69) is 15.1 Å². The monoisotopic (exact) mass is 405 g/mol. The van der Waals surface area contributed by atoms with Crippen LogP contribution >= 0.6 is 22.9 Å². The lowest BCUT2D eigenvalue weighted by molar-refractivity contribution is 0.224. The van der Waals surface area contributed by atoms with E-state index in [4.69, 9.17) is 21.4 Å². The van der Waals surface area contributed by atoms with Crippen molar-refractivity contribution in [1.82, 2.24) is 10.2 Å². The number of anilines is 1. The summed E-state index contributed by atoms with van der Waals surface area (Å²) >= 11 is 7.46. The highest BCUT2D eigenvalue weighted by Gasteiger charge is 2.25. The number of aliphatic hydroxyl groups excluding tert-OH is 1. The van der Waals surface area contributed by atoms with Crippen molar-refractivity contribution in [2.24, 2.45) is 0 Å². The van der Waals surface area contributed by atoms with Crippen molar-refractivity contribution >= 4 is 28.6 Å². The van der Waals surface area contributed by atoms with Crippen molar-refractivity contribution in [1.29, 1.82) is 0 Å². The Morgan fingerprint density at radius 3 is 2.78 bits per heavy atom. The van der Waals surface area contributed by atoms with Crippen molar-refractivity contribution in [2.75, 3.05) is 18.0 Å². The van der Waals surface area contributed by atoms with Crippen molar-refractivity contribution in [3.05, 3.63) is 58.3 Å². The average Bonchev–Trinajstić information content (AvgIpc) is 3.34. The molecule has 1 aliphatic rings. The fraction of sp³-hybridized carbons (Fsp3) is 0.263. The molecule has 5 nitrogen and oxygen atoms in total. The number of halogens is 2. The molecule has 27 heavy (non-hydrogen) atoms. The van der Waals surface area contributed by atoms with Crippen molar-refractivity contribution in [3.63, 3.8) is 0 Å². The Hall–Kier alpha value is -2.22. The summed E-state index contributed by atoms with van der Waals surface area (Å²) in [5.74, 6) is 0.0238. The van der Waals surface area contributed by atoms with Crippen LogP contribution in [0, 0.1) is 5.82 Å². The fourth-order valence-corrected chi connectivity index (χ4v) is 3.92. The molecule has 0 bridgehead atoms. The highest BCUT2D eigenvalue weighted by molar-refractivity contribution is 7.14. The summed E-state index contributed by atoms with van der Waals surface area (Å²) < 4.78 is 19.3. The summed E-state index contributed by atoms with van der Waals surface area (Å²) in [4.78, 5) is 2.22. The van der Waals surface area contributed by atoms with E-state index in [9.17, 15) is 4.39 Å². The topological polar surface area (TPSA) is 58.5 Å². The molecule has 1 fully saturated rings. The van der Waals surface area contributed by atoms with E-state index in [0.717, 1.165) is 29.2 Å². The molecule has 2 aromatic carbocycles. The summed E-state index contributed by atoms with van der Waals surface area (Å²) in [6, 6.07) is 12.2. The molecular formula is C19H17ClFN3O2S. The highest BCUT2D eigenvalue weighted by atomic mass is 35.5. The zero-order chi connectivity index (χ0) is 18.8. The second kappa shape index (κ2) is 7.80. The molecular weight excluding hydrogens is 389 g/mol. The second-order valence-corrected chi connectivity index (χ2v) is 7.72. The molecule has 2 heterocycles. The van der Waals surface area contributed by atoms with Gasteiger partial charge in [0.15, 0.2) is 0 Å². The summed E-state index contributed by atoms with van der Waals surface area (Å²) in [7, 11) is 0. The maximum absolute atomic E-state index is 13.4. The molecule has 0 saturated carbocycles. The summed E-state index contributed by atoms with van der Waals surface area (Å²) in [6.07, 6.45) is 0.796. The zero-order valence-corrected chi connectivity index (χ0v) is 15.9. The molecule has 1 atom stereocenters. The highest BCUT2D eigenvalue weighted by Crippen LogP contribution is 2.30. The van der Waals surface area contributed by atoms with Gasteiger partial charge in [0.05, 0.1) is 18.2 Å². The lowest BCUT2D eigenvalue weighted by atomic mass is 10.2. The zero-order valence-electron chi connectivity index (χ0n) is 14.3. The molecule has 3 aromatic rings. The Morgan fingerprint density at radius 2 is 2.04 bits per heavy atom. The van der Waals surface area contributed by atoms with Crippen LogP contribution in [0.2, 0.25) is 5.02 Å². The summed E-state index contributed by atoms with van der Waals surface area (Å²) in [5.41, 5.74) is 2.05. The standard InChI is InChI=1S/C19H17ClFN3O2S/c20-16-6-3-13(21)9-17(16)26-15-7-8-24(10-15)14-4-1-12(2-5-14)19-23-22-18(11-25)27-19/h1-6,9,15,25H,7-8,10-11H2/t15-/m0/s1. The quantitative estimate of drug-likeness (QED) is 0.691.